The molecule has 1 heterocycles. The van der Waals surface area contributed by atoms with Crippen molar-refractivity contribution in [1.29, 1.82) is 0 Å². The number of hydrogen-bond acceptors (Lipinski definition) is 3. The molecule has 24 heavy (non-hydrogen) atoms. The number of anilines is 1. The standard InChI is InChI=1S/C21H23NO2/c1-16-3-7-19(15-17(16)2)21(23)10-6-18-4-8-20(9-5-18)22-11-13-24-14-12-22/h3-10,15H,11-14H2,1-2H3/b10-6+. The summed E-state index contributed by atoms with van der Waals surface area (Å²) in [6.07, 6.45) is 3.52. The van der Waals surface area contributed by atoms with Crippen molar-refractivity contribution in [2.75, 3.05) is 31.2 Å². The molecule has 0 N–H and O–H groups in total. The van der Waals surface area contributed by atoms with Crippen molar-refractivity contribution in [2.24, 2.45) is 0 Å². The summed E-state index contributed by atoms with van der Waals surface area (Å²) in [6, 6.07) is 14.1. The van der Waals surface area contributed by atoms with E-state index in [2.05, 4.69) is 36.1 Å². The van der Waals surface area contributed by atoms with Gasteiger partial charge >= 0.3 is 0 Å². The molecule has 0 unspecified atom stereocenters. The van der Waals surface area contributed by atoms with E-state index in [4.69, 9.17) is 4.74 Å². The molecule has 1 fully saturated rings. The molecule has 0 amide bonds. The molecule has 0 aromatic heterocycles. The molecule has 2 aromatic rings. The number of nitrogens with zero attached hydrogens (tertiary/aromatic N) is 1. The summed E-state index contributed by atoms with van der Waals surface area (Å²) in [5.41, 5.74) is 5.32. The van der Waals surface area contributed by atoms with Crippen molar-refractivity contribution in [3.63, 3.8) is 0 Å². The van der Waals surface area contributed by atoms with Crippen molar-refractivity contribution in [1.82, 2.24) is 0 Å². The molecule has 0 aliphatic carbocycles. The smallest absolute Gasteiger partial charge is 0.185 e. The molecule has 0 radical (unpaired) electrons. The van der Waals surface area contributed by atoms with E-state index in [1.165, 1.54) is 11.3 Å². The largest absolute Gasteiger partial charge is 0.378 e. The molecule has 1 aliphatic rings. The fourth-order valence-corrected chi connectivity index (χ4v) is 2.78. The maximum absolute atomic E-state index is 12.3. The summed E-state index contributed by atoms with van der Waals surface area (Å²) < 4.78 is 5.38. The van der Waals surface area contributed by atoms with Crippen LogP contribution in [0, 0.1) is 13.8 Å². The van der Waals surface area contributed by atoms with E-state index in [1.807, 2.05) is 31.2 Å². The van der Waals surface area contributed by atoms with Gasteiger partial charge in [-0.05, 0) is 54.8 Å². The Kier molecular flexibility index (Phi) is 5.11. The Morgan fingerprint density at radius 3 is 2.38 bits per heavy atom. The molecular formula is C21H23NO2. The zero-order chi connectivity index (χ0) is 16.9. The van der Waals surface area contributed by atoms with Gasteiger partial charge in [-0.1, -0.05) is 30.3 Å². The monoisotopic (exact) mass is 321 g/mol. The third-order valence-corrected chi connectivity index (χ3v) is 4.49. The molecule has 3 heteroatoms. The van der Waals surface area contributed by atoms with Crippen LogP contribution in [0.5, 0.6) is 0 Å². The summed E-state index contributed by atoms with van der Waals surface area (Å²) in [5.74, 6) is 0.0374. The summed E-state index contributed by atoms with van der Waals surface area (Å²) in [5, 5.41) is 0. The van der Waals surface area contributed by atoms with Crippen LogP contribution in [0.4, 0.5) is 5.69 Å². The average molecular weight is 321 g/mol. The van der Waals surface area contributed by atoms with Gasteiger partial charge in [0.2, 0.25) is 0 Å². The Labute approximate surface area is 143 Å². The predicted octanol–water partition coefficient (Wildman–Crippen LogP) is 4.04. The maximum atomic E-state index is 12.3. The molecule has 1 aliphatic heterocycles. The molecule has 0 spiro atoms. The minimum absolute atomic E-state index is 0.0374. The predicted molar refractivity (Wildman–Crippen MR) is 98.8 cm³/mol. The Bertz CT molecular complexity index is 741. The first-order valence-electron chi connectivity index (χ1n) is 8.36. The SMILES string of the molecule is Cc1ccc(C(=O)/C=C/c2ccc(N3CCOCC3)cc2)cc1C. The number of benzene rings is 2. The van der Waals surface area contributed by atoms with Crippen LogP contribution in [0.3, 0.4) is 0 Å². The van der Waals surface area contributed by atoms with E-state index in [-0.39, 0.29) is 5.78 Å². The van der Waals surface area contributed by atoms with Crippen LogP contribution < -0.4 is 4.90 Å². The highest BCUT2D eigenvalue weighted by atomic mass is 16.5. The van der Waals surface area contributed by atoms with E-state index >= 15 is 0 Å². The number of ketones is 1. The number of carbonyl (C=O) groups excluding carboxylic acids is 1. The number of aryl methyl sites for hydroxylation is 2. The normalized spacial score (nSPS) is 15.0. The lowest BCUT2D eigenvalue weighted by molar-refractivity contribution is 0.104. The zero-order valence-corrected chi connectivity index (χ0v) is 14.3. The molecule has 0 atom stereocenters. The summed E-state index contributed by atoms with van der Waals surface area (Å²) >= 11 is 0. The highest BCUT2D eigenvalue weighted by molar-refractivity contribution is 6.06. The van der Waals surface area contributed by atoms with Crippen LogP contribution in [0.2, 0.25) is 0 Å². The van der Waals surface area contributed by atoms with Gasteiger partial charge in [0.05, 0.1) is 13.2 Å². The highest BCUT2D eigenvalue weighted by Gasteiger charge is 2.10. The van der Waals surface area contributed by atoms with Crippen LogP contribution in [-0.2, 0) is 4.74 Å². The topological polar surface area (TPSA) is 29.5 Å². The van der Waals surface area contributed by atoms with Gasteiger partial charge in [-0.2, -0.15) is 0 Å². The maximum Gasteiger partial charge on any atom is 0.185 e. The first kappa shape index (κ1) is 16.5. The lowest BCUT2D eigenvalue weighted by Gasteiger charge is -2.28. The van der Waals surface area contributed by atoms with Crippen LogP contribution in [0.25, 0.3) is 6.08 Å². The number of hydrogen-bond donors (Lipinski definition) is 0. The molecule has 2 aromatic carbocycles. The van der Waals surface area contributed by atoms with Gasteiger partial charge in [0.1, 0.15) is 0 Å². The Balaban J connectivity index is 1.67. The number of ether oxygens (including phenoxy) is 1. The average Bonchev–Trinajstić information content (AvgIpc) is 2.63. The molecule has 3 nitrogen and oxygen atoms in total. The zero-order valence-electron chi connectivity index (χ0n) is 14.3. The minimum Gasteiger partial charge on any atom is -0.378 e. The van der Waals surface area contributed by atoms with E-state index in [0.717, 1.165) is 43.0 Å². The van der Waals surface area contributed by atoms with E-state index < -0.39 is 0 Å². The first-order chi connectivity index (χ1) is 11.6. The Hall–Kier alpha value is -2.39. The number of morpholine rings is 1. The highest BCUT2D eigenvalue weighted by Crippen LogP contribution is 2.18. The molecular weight excluding hydrogens is 298 g/mol. The van der Waals surface area contributed by atoms with Crippen LogP contribution in [-0.4, -0.2) is 32.1 Å². The quantitative estimate of drug-likeness (QED) is 0.629. The van der Waals surface area contributed by atoms with Gasteiger partial charge in [0.15, 0.2) is 5.78 Å². The minimum atomic E-state index is 0.0374. The van der Waals surface area contributed by atoms with Crippen molar-refractivity contribution >= 4 is 17.5 Å². The lowest BCUT2D eigenvalue weighted by Crippen LogP contribution is -2.36. The number of carbonyl (C=O) groups is 1. The molecule has 124 valence electrons. The van der Waals surface area contributed by atoms with Gasteiger partial charge in [0, 0.05) is 24.3 Å². The number of allylic oxidation sites excluding steroid dienone is 1. The molecule has 3 rings (SSSR count). The third kappa shape index (κ3) is 3.92. The van der Waals surface area contributed by atoms with Crippen LogP contribution in [0.15, 0.2) is 48.5 Å². The van der Waals surface area contributed by atoms with Gasteiger partial charge in [-0.3, -0.25) is 4.79 Å². The van der Waals surface area contributed by atoms with Crippen LogP contribution >= 0.6 is 0 Å². The third-order valence-electron chi connectivity index (χ3n) is 4.49. The van der Waals surface area contributed by atoms with Crippen molar-refractivity contribution in [3.8, 4) is 0 Å². The summed E-state index contributed by atoms with van der Waals surface area (Å²) in [7, 11) is 0. The van der Waals surface area contributed by atoms with Crippen LogP contribution in [0.1, 0.15) is 27.0 Å². The van der Waals surface area contributed by atoms with Gasteiger partial charge < -0.3 is 9.64 Å². The Morgan fingerprint density at radius 1 is 1.00 bits per heavy atom. The van der Waals surface area contributed by atoms with E-state index in [9.17, 15) is 4.79 Å². The molecule has 0 bridgehead atoms. The van der Waals surface area contributed by atoms with Gasteiger partial charge in [0.25, 0.3) is 0 Å². The van der Waals surface area contributed by atoms with Crippen molar-refractivity contribution in [2.45, 2.75) is 13.8 Å². The molecule has 0 saturated carbocycles. The summed E-state index contributed by atoms with van der Waals surface area (Å²) in [6.45, 7) is 7.51. The first-order valence-corrected chi connectivity index (χ1v) is 8.36. The lowest BCUT2D eigenvalue weighted by atomic mass is 10.0. The summed E-state index contributed by atoms with van der Waals surface area (Å²) in [4.78, 5) is 14.6. The second-order valence-electron chi connectivity index (χ2n) is 6.19. The fourth-order valence-electron chi connectivity index (χ4n) is 2.78. The molecule has 1 saturated heterocycles. The fraction of sp³-hybridized carbons (Fsp3) is 0.286. The second kappa shape index (κ2) is 7.45. The van der Waals surface area contributed by atoms with Gasteiger partial charge in [-0.25, -0.2) is 0 Å². The van der Waals surface area contributed by atoms with E-state index in [1.54, 1.807) is 6.08 Å². The number of rotatable bonds is 4. The second-order valence-corrected chi connectivity index (χ2v) is 6.19. The van der Waals surface area contributed by atoms with E-state index in [0.29, 0.717) is 0 Å². The van der Waals surface area contributed by atoms with Gasteiger partial charge in [-0.15, -0.1) is 0 Å². The van der Waals surface area contributed by atoms with Crippen molar-refractivity contribution < 1.29 is 9.53 Å². The Morgan fingerprint density at radius 2 is 1.71 bits per heavy atom. The van der Waals surface area contributed by atoms with Crippen molar-refractivity contribution in [3.05, 3.63) is 70.8 Å².